The zero-order valence-electron chi connectivity index (χ0n) is 18.4. The predicted octanol–water partition coefficient (Wildman–Crippen LogP) is 5.88. The number of hydrogen-bond donors (Lipinski definition) is 0. The summed E-state index contributed by atoms with van der Waals surface area (Å²) in [7, 11) is 3.05. The Kier molecular flexibility index (Phi) is 7.50. The first-order chi connectivity index (χ1) is 15.1. The highest BCUT2D eigenvalue weighted by atomic mass is 16.5. The number of allylic oxidation sites excluding steroid dienone is 4. The molecule has 2 aromatic carbocycles. The summed E-state index contributed by atoms with van der Waals surface area (Å²) in [6.07, 6.45) is 9.78. The van der Waals surface area contributed by atoms with Crippen molar-refractivity contribution in [2.45, 2.75) is 26.3 Å². The van der Waals surface area contributed by atoms with Gasteiger partial charge in [0.15, 0.2) is 0 Å². The lowest BCUT2D eigenvalue weighted by Crippen LogP contribution is -2.03. The molecule has 1 aromatic heterocycles. The molecule has 0 N–H and O–H groups in total. The Morgan fingerprint density at radius 3 is 2.45 bits per heavy atom. The molecule has 0 unspecified atom stereocenters. The van der Waals surface area contributed by atoms with Crippen LogP contribution in [0.1, 0.15) is 28.4 Å². The normalized spacial score (nSPS) is 12.1. The molecule has 31 heavy (non-hydrogen) atoms. The molecular weight excluding hydrogens is 386 g/mol. The van der Waals surface area contributed by atoms with E-state index in [4.69, 9.17) is 9.47 Å². The molecule has 0 bridgehead atoms. The summed E-state index contributed by atoms with van der Waals surface area (Å²) < 4.78 is 12.4. The van der Waals surface area contributed by atoms with Gasteiger partial charge in [-0.2, -0.15) is 0 Å². The molecule has 160 valence electrons. The molecular formula is C27H29NO3. The topological polar surface area (TPSA) is 40.5 Å². The first-order valence-corrected chi connectivity index (χ1v) is 10.4. The van der Waals surface area contributed by atoms with E-state index in [2.05, 4.69) is 47.7 Å². The fraction of sp³-hybridized carbons (Fsp3) is 0.222. The predicted molar refractivity (Wildman–Crippen MR) is 126 cm³/mol. The first kappa shape index (κ1) is 22.2. The van der Waals surface area contributed by atoms with Crippen LogP contribution in [0.15, 0.2) is 90.9 Å². The van der Waals surface area contributed by atoms with Crippen LogP contribution >= 0.6 is 0 Å². The summed E-state index contributed by atoms with van der Waals surface area (Å²) in [4.78, 5) is 11.6. The minimum Gasteiger partial charge on any atom is -0.497 e. The summed E-state index contributed by atoms with van der Waals surface area (Å²) in [5.41, 5.74) is 5.47. The number of rotatable bonds is 9. The van der Waals surface area contributed by atoms with E-state index in [1.165, 1.54) is 29.1 Å². The van der Waals surface area contributed by atoms with Gasteiger partial charge in [0.1, 0.15) is 5.76 Å². The number of para-hydroxylation sites is 1. The SMILES string of the molecule is C=C/C(=C\C(=C/C)Cn1ccc2cccc(CCc3ccc(C(=O)OC)cc3)c21)OC. The van der Waals surface area contributed by atoms with Crippen LogP contribution in [0.5, 0.6) is 0 Å². The number of hydrogen-bond acceptors (Lipinski definition) is 3. The van der Waals surface area contributed by atoms with Crippen LogP contribution in [0.2, 0.25) is 0 Å². The average Bonchev–Trinajstić information content (AvgIpc) is 3.23. The maximum absolute atomic E-state index is 11.6. The van der Waals surface area contributed by atoms with Crippen LogP contribution in [-0.2, 0) is 28.9 Å². The molecule has 3 rings (SSSR count). The van der Waals surface area contributed by atoms with Crippen LogP contribution in [-0.4, -0.2) is 24.8 Å². The van der Waals surface area contributed by atoms with Gasteiger partial charge in [0.05, 0.1) is 25.3 Å². The molecule has 0 aliphatic carbocycles. The van der Waals surface area contributed by atoms with E-state index in [0.29, 0.717) is 5.56 Å². The Bertz CT molecular complexity index is 1120. The molecule has 0 saturated heterocycles. The van der Waals surface area contributed by atoms with Gasteiger partial charge in [0.25, 0.3) is 0 Å². The Morgan fingerprint density at radius 2 is 1.81 bits per heavy atom. The lowest BCUT2D eigenvalue weighted by Gasteiger charge is -2.12. The molecule has 0 aliphatic rings. The van der Waals surface area contributed by atoms with E-state index >= 15 is 0 Å². The second-order valence-corrected chi connectivity index (χ2v) is 7.31. The number of carbonyl (C=O) groups excluding carboxylic acids is 1. The summed E-state index contributed by atoms with van der Waals surface area (Å²) in [6, 6.07) is 16.2. The molecule has 0 aliphatic heterocycles. The van der Waals surface area contributed by atoms with Crippen molar-refractivity contribution in [1.82, 2.24) is 4.57 Å². The van der Waals surface area contributed by atoms with Crippen molar-refractivity contribution in [1.29, 1.82) is 0 Å². The third-order valence-corrected chi connectivity index (χ3v) is 5.42. The Hall–Kier alpha value is -3.53. The van der Waals surface area contributed by atoms with E-state index in [-0.39, 0.29) is 5.97 Å². The zero-order chi connectivity index (χ0) is 22.2. The highest BCUT2D eigenvalue weighted by molar-refractivity contribution is 5.89. The fourth-order valence-electron chi connectivity index (χ4n) is 3.68. The lowest BCUT2D eigenvalue weighted by molar-refractivity contribution is 0.0600. The van der Waals surface area contributed by atoms with E-state index in [1.54, 1.807) is 13.2 Å². The summed E-state index contributed by atoms with van der Waals surface area (Å²) in [5, 5.41) is 1.23. The zero-order valence-corrected chi connectivity index (χ0v) is 18.4. The van der Waals surface area contributed by atoms with Crippen LogP contribution in [0, 0.1) is 0 Å². The molecule has 4 heteroatoms. The smallest absolute Gasteiger partial charge is 0.337 e. The van der Waals surface area contributed by atoms with Crippen molar-refractivity contribution in [3.8, 4) is 0 Å². The number of carbonyl (C=O) groups is 1. The average molecular weight is 416 g/mol. The second kappa shape index (κ2) is 10.5. The number of aryl methyl sites for hydroxylation is 2. The number of aromatic nitrogens is 1. The van der Waals surface area contributed by atoms with Gasteiger partial charge < -0.3 is 14.0 Å². The molecule has 3 aromatic rings. The van der Waals surface area contributed by atoms with E-state index in [0.717, 1.165) is 30.7 Å². The molecule has 0 amide bonds. The van der Waals surface area contributed by atoms with Crippen molar-refractivity contribution >= 4 is 16.9 Å². The molecule has 0 spiro atoms. The highest BCUT2D eigenvalue weighted by Crippen LogP contribution is 2.24. The number of ether oxygens (including phenoxy) is 2. The Labute approximate surface area is 184 Å². The van der Waals surface area contributed by atoms with Gasteiger partial charge in [-0.3, -0.25) is 0 Å². The number of fused-ring (bicyclic) bond motifs is 1. The van der Waals surface area contributed by atoms with Crippen molar-refractivity contribution in [3.05, 3.63) is 108 Å². The van der Waals surface area contributed by atoms with Crippen molar-refractivity contribution in [3.63, 3.8) is 0 Å². The molecule has 0 fully saturated rings. The molecule has 1 heterocycles. The van der Waals surface area contributed by atoms with E-state index in [1.807, 2.05) is 37.3 Å². The first-order valence-electron chi connectivity index (χ1n) is 10.4. The van der Waals surface area contributed by atoms with Crippen LogP contribution in [0.25, 0.3) is 10.9 Å². The quantitative estimate of drug-likeness (QED) is 0.249. The summed E-state index contributed by atoms with van der Waals surface area (Å²) in [5.74, 6) is 0.441. The number of nitrogens with zero attached hydrogens (tertiary/aromatic N) is 1. The van der Waals surface area contributed by atoms with Gasteiger partial charge in [0, 0.05) is 12.7 Å². The monoisotopic (exact) mass is 415 g/mol. The minimum absolute atomic E-state index is 0.309. The van der Waals surface area contributed by atoms with Crippen molar-refractivity contribution in [2.75, 3.05) is 14.2 Å². The maximum atomic E-state index is 11.6. The van der Waals surface area contributed by atoms with Gasteiger partial charge >= 0.3 is 5.97 Å². The molecule has 0 atom stereocenters. The number of benzene rings is 2. The fourth-order valence-corrected chi connectivity index (χ4v) is 3.68. The van der Waals surface area contributed by atoms with Crippen molar-refractivity contribution in [2.24, 2.45) is 0 Å². The van der Waals surface area contributed by atoms with Crippen molar-refractivity contribution < 1.29 is 14.3 Å². The molecule has 4 nitrogen and oxygen atoms in total. The van der Waals surface area contributed by atoms with Gasteiger partial charge in [-0.1, -0.05) is 43.0 Å². The van der Waals surface area contributed by atoms with E-state index < -0.39 is 0 Å². The number of methoxy groups -OCH3 is 2. The molecule has 0 radical (unpaired) electrons. The van der Waals surface area contributed by atoms with E-state index in [9.17, 15) is 4.79 Å². The van der Waals surface area contributed by atoms with Gasteiger partial charge in [-0.25, -0.2) is 4.79 Å². The minimum atomic E-state index is -0.309. The van der Waals surface area contributed by atoms with Crippen LogP contribution in [0.4, 0.5) is 0 Å². The largest absolute Gasteiger partial charge is 0.497 e. The number of esters is 1. The summed E-state index contributed by atoms with van der Waals surface area (Å²) in [6.45, 7) is 6.59. The van der Waals surface area contributed by atoms with Gasteiger partial charge in [0.2, 0.25) is 0 Å². The third kappa shape index (κ3) is 5.34. The lowest BCUT2D eigenvalue weighted by atomic mass is 10.0. The Morgan fingerprint density at radius 1 is 1.03 bits per heavy atom. The van der Waals surface area contributed by atoms with Gasteiger partial charge in [-0.05, 0) is 72.2 Å². The third-order valence-electron chi connectivity index (χ3n) is 5.42. The van der Waals surface area contributed by atoms with Gasteiger partial charge in [-0.15, -0.1) is 0 Å². The standard InChI is InChI=1S/C27H29NO3/c1-5-20(18-25(6-2)30-3)19-28-17-16-23-9-7-8-22(26(23)28)13-10-21-11-14-24(15-12-21)27(29)31-4/h5-9,11-12,14-18H,2,10,13,19H2,1,3-4H3/b20-5+,25-18+. The second-order valence-electron chi connectivity index (χ2n) is 7.31. The summed E-state index contributed by atoms with van der Waals surface area (Å²) >= 11 is 0. The van der Waals surface area contributed by atoms with Crippen LogP contribution < -0.4 is 0 Å². The Balaban J connectivity index is 1.82. The molecule has 0 saturated carbocycles. The van der Waals surface area contributed by atoms with Crippen LogP contribution in [0.3, 0.4) is 0 Å². The maximum Gasteiger partial charge on any atom is 0.337 e. The highest BCUT2D eigenvalue weighted by Gasteiger charge is 2.09.